The topological polar surface area (TPSA) is 98.7 Å². The van der Waals surface area contributed by atoms with Crippen LogP contribution in [0.15, 0.2) is 42.0 Å². The third-order valence-corrected chi connectivity index (χ3v) is 3.65. The fraction of sp³-hybridized carbons (Fsp3) is 0.0769. The van der Waals surface area contributed by atoms with E-state index in [2.05, 4.69) is 20.6 Å². The van der Waals surface area contributed by atoms with Gasteiger partial charge in [0.25, 0.3) is 5.91 Å². The second-order valence-corrected chi connectivity index (χ2v) is 5.09. The number of carbonyl (C=O) groups is 1. The zero-order valence-corrected chi connectivity index (χ0v) is 11.7. The Kier molecular flexibility index (Phi) is 3.71. The number of nitrogens with two attached hydrogens (primary N) is 1. The largest absolute Gasteiger partial charge is 0.325 e. The highest BCUT2D eigenvalue weighted by atomic mass is 32.1. The first-order valence-electron chi connectivity index (χ1n) is 6.19. The molecule has 1 aromatic carbocycles. The first kappa shape index (κ1) is 13.4. The maximum absolute atomic E-state index is 12.2. The Balaban J connectivity index is 1.86. The molecule has 0 atom stereocenters. The highest BCUT2D eigenvalue weighted by Crippen LogP contribution is 2.20. The van der Waals surface area contributed by atoms with Crippen molar-refractivity contribution in [3.05, 3.63) is 52.7 Å². The Morgan fingerprint density at radius 3 is 2.95 bits per heavy atom. The molecule has 0 spiro atoms. The van der Waals surface area contributed by atoms with Crippen LogP contribution in [0.5, 0.6) is 0 Å². The number of aromatic nitrogens is 4. The number of nitrogens with one attached hydrogen (secondary N) is 1. The first-order valence-corrected chi connectivity index (χ1v) is 7.07. The van der Waals surface area contributed by atoms with Crippen molar-refractivity contribution in [2.45, 2.75) is 6.54 Å². The summed E-state index contributed by atoms with van der Waals surface area (Å²) >= 11 is 1.37. The fourth-order valence-corrected chi connectivity index (χ4v) is 2.47. The van der Waals surface area contributed by atoms with Crippen LogP contribution in [0.25, 0.3) is 5.69 Å². The van der Waals surface area contributed by atoms with Gasteiger partial charge in [-0.2, -0.15) is 0 Å². The molecule has 7 nitrogen and oxygen atoms in total. The van der Waals surface area contributed by atoms with Gasteiger partial charge < -0.3 is 11.1 Å². The second kappa shape index (κ2) is 5.81. The highest BCUT2D eigenvalue weighted by molar-refractivity contribution is 7.09. The Labute approximate surface area is 124 Å². The summed E-state index contributed by atoms with van der Waals surface area (Å²) < 4.78 is 1.59. The molecule has 8 heteroatoms. The van der Waals surface area contributed by atoms with Gasteiger partial charge in [-0.05, 0) is 12.1 Å². The van der Waals surface area contributed by atoms with E-state index in [1.54, 1.807) is 28.5 Å². The average molecular weight is 300 g/mol. The minimum absolute atomic E-state index is 0.279. The van der Waals surface area contributed by atoms with E-state index in [-0.39, 0.29) is 5.91 Å². The van der Waals surface area contributed by atoms with Crippen LogP contribution in [0.2, 0.25) is 0 Å². The molecule has 0 bridgehead atoms. The first-order chi connectivity index (χ1) is 10.3. The molecule has 0 saturated heterocycles. The van der Waals surface area contributed by atoms with Crippen molar-refractivity contribution in [3.8, 4) is 5.69 Å². The molecule has 0 fully saturated rings. The summed E-state index contributed by atoms with van der Waals surface area (Å²) in [5.74, 6) is -0.279. The van der Waals surface area contributed by atoms with E-state index in [1.165, 1.54) is 11.3 Å². The van der Waals surface area contributed by atoms with E-state index in [1.807, 2.05) is 18.2 Å². The van der Waals surface area contributed by atoms with E-state index in [9.17, 15) is 4.79 Å². The van der Waals surface area contributed by atoms with Crippen LogP contribution in [-0.4, -0.2) is 25.9 Å². The summed E-state index contributed by atoms with van der Waals surface area (Å²) in [6.45, 7) is 0.327. The number of hydrogen-bond acceptors (Lipinski definition) is 6. The van der Waals surface area contributed by atoms with Gasteiger partial charge in [0.2, 0.25) is 0 Å². The Bertz CT molecular complexity index is 752. The third-order valence-electron chi connectivity index (χ3n) is 2.78. The molecule has 106 valence electrons. The van der Waals surface area contributed by atoms with Crippen molar-refractivity contribution in [1.82, 2.24) is 20.0 Å². The number of benzene rings is 1. The van der Waals surface area contributed by atoms with Crippen molar-refractivity contribution in [3.63, 3.8) is 0 Å². The summed E-state index contributed by atoms with van der Waals surface area (Å²) in [7, 11) is 0. The van der Waals surface area contributed by atoms with Crippen LogP contribution in [0.1, 0.15) is 15.5 Å². The molecule has 1 amide bonds. The van der Waals surface area contributed by atoms with Gasteiger partial charge in [-0.3, -0.25) is 4.79 Å². The monoisotopic (exact) mass is 300 g/mol. The number of thiazole rings is 1. The SMILES string of the molecule is NCc1nc(C(=O)Nc2ccccc2-n2ccnn2)cs1. The zero-order valence-electron chi connectivity index (χ0n) is 10.9. The minimum Gasteiger partial charge on any atom is -0.325 e. The van der Waals surface area contributed by atoms with E-state index >= 15 is 0 Å². The van der Waals surface area contributed by atoms with Gasteiger partial charge in [0.05, 0.1) is 23.8 Å². The van der Waals surface area contributed by atoms with Gasteiger partial charge >= 0.3 is 0 Å². The lowest BCUT2D eigenvalue weighted by Crippen LogP contribution is -2.14. The normalized spacial score (nSPS) is 10.5. The van der Waals surface area contributed by atoms with Gasteiger partial charge in [-0.25, -0.2) is 9.67 Å². The molecule has 0 aliphatic rings. The molecule has 2 heterocycles. The quantitative estimate of drug-likeness (QED) is 0.759. The molecule has 0 aliphatic heterocycles. The Morgan fingerprint density at radius 1 is 1.38 bits per heavy atom. The average Bonchev–Trinajstić information content (AvgIpc) is 3.19. The molecule has 0 radical (unpaired) electrons. The van der Waals surface area contributed by atoms with Crippen LogP contribution in [0.4, 0.5) is 5.69 Å². The van der Waals surface area contributed by atoms with Crippen LogP contribution < -0.4 is 11.1 Å². The summed E-state index contributed by atoms with van der Waals surface area (Å²) in [5.41, 5.74) is 7.23. The molecule has 3 N–H and O–H groups in total. The van der Waals surface area contributed by atoms with Crippen molar-refractivity contribution in [2.24, 2.45) is 5.73 Å². The molecule has 21 heavy (non-hydrogen) atoms. The molecule has 3 rings (SSSR count). The van der Waals surface area contributed by atoms with E-state index in [0.29, 0.717) is 17.9 Å². The number of amides is 1. The lowest BCUT2D eigenvalue weighted by atomic mass is 10.2. The molecular formula is C13H12N6OS. The van der Waals surface area contributed by atoms with Crippen LogP contribution in [-0.2, 0) is 6.54 Å². The predicted octanol–water partition coefficient (Wildman–Crippen LogP) is 1.43. The number of carbonyl (C=O) groups excluding carboxylic acids is 1. The lowest BCUT2D eigenvalue weighted by Gasteiger charge is -2.09. The summed E-state index contributed by atoms with van der Waals surface area (Å²) in [6.07, 6.45) is 3.28. The Morgan fingerprint density at radius 2 is 2.24 bits per heavy atom. The van der Waals surface area contributed by atoms with E-state index in [0.717, 1.165) is 10.7 Å². The maximum atomic E-state index is 12.2. The highest BCUT2D eigenvalue weighted by Gasteiger charge is 2.13. The molecule has 0 aliphatic carbocycles. The summed E-state index contributed by atoms with van der Waals surface area (Å²) in [4.78, 5) is 16.4. The number of rotatable bonds is 4. The van der Waals surface area contributed by atoms with Crippen LogP contribution in [0, 0.1) is 0 Å². The van der Waals surface area contributed by atoms with Crippen molar-refractivity contribution >= 4 is 22.9 Å². The van der Waals surface area contributed by atoms with Crippen molar-refractivity contribution < 1.29 is 4.79 Å². The molecule has 3 aromatic rings. The number of nitrogens with zero attached hydrogens (tertiary/aromatic N) is 4. The minimum atomic E-state index is -0.279. The summed E-state index contributed by atoms with van der Waals surface area (Å²) in [6, 6.07) is 7.34. The van der Waals surface area contributed by atoms with E-state index < -0.39 is 0 Å². The maximum Gasteiger partial charge on any atom is 0.275 e. The number of hydrogen-bond donors (Lipinski definition) is 2. The predicted molar refractivity (Wildman–Crippen MR) is 79.3 cm³/mol. The smallest absolute Gasteiger partial charge is 0.275 e. The lowest BCUT2D eigenvalue weighted by molar-refractivity contribution is 0.102. The third kappa shape index (κ3) is 2.81. The molecule has 0 saturated carbocycles. The molecular weight excluding hydrogens is 288 g/mol. The van der Waals surface area contributed by atoms with Crippen molar-refractivity contribution in [2.75, 3.05) is 5.32 Å². The number of para-hydroxylation sites is 2. The zero-order chi connectivity index (χ0) is 14.7. The van der Waals surface area contributed by atoms with Gasteiger partial charge in [0.15, 0.2) is 0 Å². The second-order valence-electron chi connectivity index (χ2n) is 4.15. The fourth-order valence-electron chi connectivity index (χ4n) is 1.81. The molecule has 0 unspecified atom stereocenters. The van der Waals surface area contributed by atoms with Crippen LogP contribution >= 0.6 is 11.3 Å². The number of anilines is 1. The summed E-state index contributed by atoms with van der Waals surface area (Å²) in [5, 5.41) is 12.9. The van der Waals surface area contributed by atoms with Gasteiger partial charge in [0, 0.05) is 11.9 Å². The molecule has 2 aromatic heterocycles. The van der Waals surface area contributed by atoms with Gasteiger partial charge in [-0.15, -0.1) is 16.4 Å². The van der Waals surface area contributed by atoms with Crippen LogP contribution in [0.3, 0.4) is 0 Å². The standard InChI is InChI=1S/C13H12N6OS/c14-7-12-16-10(8-21-12)13(20)17-9-3-1-2-4-11(9)19-6-5-15-18-19/h1-6,8H,7,14H2,(H,17,20). The van der Waals surface area contributed by atoms with Gasteiger partial charge in [0.1, 0.15) is 10.7 Å². The van der Waals surface area contributed by atoms with Crippen molar-refractivity contribution in [1.29, 1.82) is 0 Å². The van der Waals surface area contributed by atoms with Gasteiger partial charge in [-0.1, -0.05) is 17.3 Å². The van der Waals surface area contributed by atoms with E-state index in [4.69, 9.17) is 5.73 Å². The Hall–Kier alpha value is -2.58.